The second-order valence-electron chi connectivity index (χ2n) is 8.50. The van der Waals surface area contributed by atoms with Crippen molar-refractivity contribution in [2.45, 2.75) is 17.1 Å². The number of carbonyl (C=O) groups excluding carboxylic acids is 1. The molecule has 0 aromatic heterocycles. The van der Waals surface area contributed by atoms with Crippen molar-refractivity contribution in [2.75, 3.05) is 39.8 Å². The maximum Gasteiger partial charge on any atom is 0.253 e. The van der Waals surface area contributed by atoms with Crippen LogP contribution in [0, 0.1) is 0 Å². The number of amides is 1. The Hall–Kier alpha value is -3.16. The molecule has 3 aromatic carbocycles. The van der Waals surface area contributed by atoms with Crippen LogP contribution in [0.3, 0.4) is 0 Å². The minimum absolute atomic E-state index is 0.0474. The summed E-state index contributed by atoms with van der Waals surface area (Å²) in [6.45, 7) is 3.91. The quantitative estimate of drug-likeness (QED) is 0.494. The molecule has 0 unspecified atom stereocenters. The van der Waals surface area contributed by atoms with Gasteiger partial charge in [0, 0.05) is 38.3 Å². The first-order valence-electron chi connectivity index (χ1n) is 11.5. The molecule has 0 atom stereocenters. The summed E-state index contributed by atoms with van der Waals surface area (Å²) in [5.74, 6) is 0.684. The molecule has 0 bridgehead atoms. The third kappa shape index (κ3) is 6.04. The summed E-state index contributed by atoms with van der Waals surface area (Å²) < 4.78 is 30.6. The number of hydrogen-bond acceptors (Lipinski definition) is 5. The van der Waals surface area contributed by atoms with Crippen molar-refractivity contribution in [3.8, 4) is 5.75 Å². The lowest BCUT2D eigenvalue weighted by Crippen LogP contribution is -2.49. The number of hydrogen-bond donors (Lipinski definition) is 0. The lowest BCUT2D eigenvalue weighted by molar-refractivity contribution is 0.0638. The van der Waals surface area contributed by atoms with Gasteiger partial charge < -0.3 is 9.64 Å². The third-order valence-electron chi connectivity index (χ3n) is 6.17. The molecule has 1 amide bonds. The van der Waals surface area contributed by atoms with E-state index in [0.29, 0.717) is 24.2 Å². The van der Waals surface area contributed by atoms with E-state index in [-0.39, 0.29) is 16.6 Å². The highest BCUT2D eigenvalue weighted by Crippen LogP contribution is 2.18. The molecular weight excluding hydrogens is 448 g/mol. The molecule has 7 heteroatoms. The van der Waals surface area contributed by atoms with Gasteiger partial charge in [0.25, 0.3) is 5.91 Å². The maximum atomic E-state index is 13.1. The number of methoxy groups -OCH3 is 1. The Morgan fingerprint density at radius 2 is 1.56 bits per heavy atom. The Balaban J connectivity index is 1.31. The molecule has 6 nitrogen and oxygen atoms in total. The Kier molecular flexibility index (Phi) is 7.65. The molecule has 0 N–H and O–H groups in total. The lowest BCUT2D eigenvalue weighted by Gasteiger charge is -2.34. The summed E-state index contributed by atoms with van der Waals surface area (Å²) in [6.07, 6.45) is 0.954. The molecule has 3 aromatic rings. The average molecular weight is 479 g/mol. The number of carbonyl (C=O) groups is 1. The monoisotopic (exact) mass is 478 g/mol. The van der Waals surface area contributed by atoms with Gasteiger partial charge in [0.2, 0.25) is 0 Å². The standard InChI is InChI=1S/C27H30N2O4S/c1-33-25-12-10-22(11-13-25)14-15-28-16-18-29(19-17-28)27(30)24-7-5-6-23(20-24)21-34(31,32)26-8-3-2-4-9-26/h2-13,20H,14-19,21H2,1H3. The van der Waals surface area contributed by atoms with Gasteiger partial charge in [-0.05, 0) is 53.9 Å². The minimum Gasteiger partial charge on any atom is -0.497 e. The molecule has 1 heterocycles. The van der Waals surface area contributed by atoms with Gasteiger partial charge in [-0.2, -0.15) is 0 Å². The van der Waals surface area contributed by atoms with Crippen molar-refractivity contribution < 1.29 is 17.9 Å². The topological polar surface area (TPSA) is 66.9 Å². The van der Waals surface area contributed by atoms with Gasteiger partial charge >= 0.3 is 0 Å². The molecule has 1 fully saturated rings. The van der Waals surface area contributed by atoms with E-state index >= 15 is 0 Å². The largest absolute Gasteiger partial charge is 0.497 e. The van der Waals surface area contributed by atoms with Crippen LogP contribution in [0.4, 0.5) is 0 Å². The van der Waals surface area contributed by atoms with E-state index in [1.165, 1.54) is 5.56 Å². The van der Waals surface area contributed by atoms with E-state index in [1.807, 2.05) is 17.0 Å². The van der Waals surface area contributed by atoms with Crippen molar-refractivity contribution >= 4 is 15.7 Å². The summed E-state index contributed by atoms with van der Waals surface area (Å²) in [6, 6.07) is 23.5. The van der Waals surface area contributed by atoms with E-state index < -0.39 is 9.84 Å². The highest BCUT2D eigenvalue weighted by atomic mass is 32.2. The van der Waals surface area contributed by atoms with Crippen LogP contribution in [-0.4, -0.2) is 64.0 Å². The van der Waals surface area contributed by atoms with Gasteiger partial charge in [-0.1, -0.05) is 42.5 Å². The van der Waals surface area contributed by atoms with Crippen LogP contribution in [0.15, 0.2) is 83.8 Å². The SMILES string of the molecule is COc1ccc(CCN2CCN(C(=O)c3cccc(CS(=O)(=O)c4ccccc4)c3)CC2)cc1. The number of nitrogens with zero attached hydrogens (tertiary/aromatic N) is 2. The normalized spacial score (nSPS) is 14.7. The summed E-state index contributed by atoms with van der Waals surface area (Å²) in [5, 5.41) is 0. The molecule has 0 saturated carbocycles. The van der Waals surface area contributed by atoms with Crippen LogP contribution in [0.25, 0.3) is 0 Å². The van der Waals surface area contributed by atoms with Crippen LogP contribution in [0.2, 0.25) is 0 Å². The molecule has 1 aliphatic heterocycles. The third-order valence-corrected chi connectivity index (χ3v) is 7.87. The Morgan fingerprint density at radius 1 is 0.853 bits per heavy atom. The van der Waals surface area contributed by atoms with Gasteiger partial charge in [0.1, 0.15) is 5.75 Å². The summed E-state index contributed by atoms with van der Waals surface area (Å²) >= 11 is 0. The van der Waals surface area contributed by atoms with E-state index in [0.717, 1.165) is 31.8 Å². The number of ether oxygens (including phenoxy) is 1. The zero-order valence-electron chi connectivity index (χ0n) is 19.4. The molecule has 178 valence electrons. The maximum absolute atomic E-state index is 13.1. The van der Waals surface area contributed by atoms with E-state index in [2.05, 4.69) is 17.0 Å². The second kappa shape index (κ2) is 10.8. The van der Waals surface area contributed by atoms with E-state index in [9.17, 15) is 13.2 Å². The van der Waals surface area contributed by atoms with Crippen molar-refractivity contribution in [1.82, 2.24) is 9.80 Å². The van der Waals surface area contributed by atoms with Crippen LogP contribution >= 0.6 is 0 Å². The van der Waals surface area contributed by atoms with E-state index in [4.69, 9.17) is 4.74 Å². The van der Waals surface area contributed by atoms with Gasteiger partial charge in [0.15, 0.2) is 9.84 Å². The van der Waals surface area contributed by atoms with E-state index in [1.54, 1.807) is 61.7 Å². The highest BCUT2D eigenvalue weighted by Gasteiger charge is 2.23. The van der Waals surface area contributed by atoms with Gasteiger partial charge in [0.05, 0.1) is 17.8 Å². The van der Waals surface area contributed by atoms with Crippen molar-refractivity contribution in [2.24, 2.45) is 0 Å². The first kappa shape index (κ1) is 24.0. The van der Waals surface area contributed by atoms with Crippen LogP contribution in [0.1, 0.15) is 21.5 Å². The number of piperazine rings is 1. The molecular formula is C27H30N2O4S. The Labute approximate surface area is 201 Å². The molecule has 1 aliphatic rings. The van der Waals surface area contributed by atoms with Gasteiger partial charge in [-0.15, -0.1) is 0 Å². The first-order chi connectivity index (χ1) is 16.4. The molecule has 34 heavy (non-hydrogen) atoms. The van der Waals surface area contributed by atoms with Gasteiger partial charge in [-0.3, -0.25) is 9.69 Å². The number of sulfone groups is 1. The van der Waals surface area contributed by atoms with Crippen LogP contribution in [0.5, 0.6) is 5.75 Å². The first-order valence-corrected chi connectivity index (χ1v) is 13.1. The molecule has 1 saturated heterocycles. The fraction of sp³-hybridized carbons (Fsp3) is 0.296. The lowest BCUT2D eigenvalue weighted by atomic mass is 10.1. The zero-order chi connectivity index (χ0) is 24.0. The smallest absolute Gasteiger partial charge is 0.253 e. The minimum atomic E-state index is -3.46. The summed E-state index contributed by atoms with van der Waals surface area (Å²) in [7, 11) is -1.79. The van der Waals surface area contributed by atoms with Crippen LogP contribution in [-0.2, 0) is 22.0 Å². The predicted octanol–water partition coefficient (Wildman–Crippen LogP) is 3.67. The molecule has 4 rings (SSSR count). The zero-order valence-corrected chi connectivity index (χ0v) is 20.2. The number of benzene rings is 3. The fourth-order valence-electron chi connectivity index (χ4n) is 4.16. The Morgan fingerprint density at radius 3 is 2.24 bits per heavy atom. The van der Waals surface area contributed by atoms with Crippen molar-refractivity contribution in [3.05, 3.63) is 95.6 Å². The second-order valence-corrected chi connectivity index (χ2v) is 10.5. The Bertz CT molecular complexity index is 1200. The fourth-order valence-corrected chi connectivity index (χ4v) is 5.52. The molecule has 0 spiro atoms. The summed E-state index contributed by atoms with van der Waals surface area (Å²) in [5.41, 5.74) is 2.42. The van der Waals surface area contributed by atoms with Crippen molar-refractivity contribution in [3.63, 3.8) is 0 Å². The predicted molar refractivity (Wildman–Crippen MR) is 133 cm³/mol. The average Bonchev–Trinajstić information content (AvgIpc) is 2.88. The highest BCUT2D eigenvalue weighted by molar-refractivity contribution is 7.90. The number of rotatable bonds is 8. The van der Waals surface area contributed by atoms with Gasteiger partial charge in [-0.25, -0.2) is 8.42 Å². The molecule has 0 radical (unpaired) electrons. The van der Waals surface area contributed by atoms with Crippen LogP contribution < -0.4 is 4.74 Å². The van der Waals surface area contributed by atoms with Crippen molar-refractivity contribution in [1.29, 1.82) is 0 Å². The molecule has 0 aliphatic carbocycles. The summed E-state index contributed by atoms with van der Waals surface area (Å²) in [4.78, 5) is 17.6.